The monoisotopic (exact) mass is 490 g/mol. The maximum Gasteiger partial charge on any atom is 0.264 e. The lowest BCUT2D eigenvalue weighted by Crippen LogP contribution is -2.42. The molecule has 0 spiro atoms. The van der Waals surface area contributed by atoms with E-state index in [1.807, 2.05) is 25.1 Å². The fraction of sp³-hybridized carbons (Fsp3) is 0.179. The molecular formula is C28H27FN2O3S. The Labute approximate surface area is 205 Å². The van der Waals surface area contributed by atoms with Crippen molar-refractivity contribution in [1.29, 1.82) is 0 Å². The molecule has 0 aliphatic carbocycles. The van der Waals surface area contributed by atoms with Gasteiger partial charge in [-0.1, -0.05) is 67.6 Å². The van der Waals surface area contributed by atoms with Crippen molar-refractivity contribution in [3.8, 4) is 0 Å². The fourth-order valence-corrected chi connectivity index (χ4v) is 5.46. The van der Waals surface area contributed by atoms with Crippen LogP contribution in [0.4, 0.5) is 10.1 Å². The van der Waals surface area contributed by atoms with Crippen molar-refractivity contribution in [3.63, 3.8) is 0 Å². The van der Waals surface area contributed by atoms with Gasteiger partial charge in [0, 0.05) is 6.54 Å². The van der Waals surface area contributed by atoms with Crippen molar-refractivity contribution in [2.45, 2.75) is 18.2 Å². The average molecular weight is 491 g/mol. The maximum atomic E-state index is 13.4. The number of hydrogen-bond donors (Lipinski definition) is 1. The zero-order valence-electron chi connectivity index (χ0n) is 19.4. The highest BCUT2D eigenvalue weighted by Gasteiger charge is 2.27. The van der Waals surface area contributed by atoms with E-state index in [-0.39, 0.29) is 17.4 Å². The number of hydrogen-bond acceptors (Lipinski definition) is 3. The molecule has 0 aliphatic heterocycles. The summed E-state index contributed by atoms with van der Waals surface area (Å²) in [5.41, 5.74) is 1.56. The maximum absolute atomic E-state index is 13.4. The number of fused-ring (bicyclic) bond motifs is 1. The lowest BCUT2D eigenvalue weighted by molar-refractivity contribution is -0.119. The third-order valence-corrected chi connectivity index (χ3v) is 7.62. The Balaban J connectivity index is 1.46. The Morgan fingerprint density at radius 3 is 2.29 bits per heavy atom. The van der Waals surface area contributed by atoms with E-state index < -0.39 is 21.7 Å². The Kier molecular flexibility index (Phi) is 7.46. The summed E-state index contributed by atoms with van der Waals surface area (Å²) in [6.45, 7) is 2.07. The molecule has 1 atom stereocenters. The Hall–Kier alpha value is -3.71. The molecule has 35 heavy (non-hydrogen) atoms. The summed E-state index contributed by atoms with van der Waals surface area (Å²) < 4.78 is 41.0. The molecule has 7 heteroatoms. The van der Waals surface area contributed by atoms with Crippen LogP contribution in [0.3, 0.4) is 0 Å². The summed E-state index contributed by atoms with van der Waals surface area (Å²) in [6, 6.07) is 27.4. The van der Waals surface area contributed by atoms with E-state index in [0.29, 0.717) is 12.2 Å². The first-order valence-electron chi connectivity index (χ1n) is 11.4. The molecule has 180 valence electrons. The molecule has 1 N–H and O–H groups in total. The van der Waals surface area contributed by atoms with E-state index in [1.165, 1.54) is 28.5 Å². The third kappa shape index (κ3) is 5.87. The number of benzene rings is 4. The van der Waals surface area contributed by atoms with E-state index in [0.717, 1.165) is 22.9 Å². The van der Waals surface area contributed by atoms with Crippen LogP contribution >= 0.6 is 0 Å². The molecule has 0 saturated carbocycles. The zero-order chi connectivity index (χ0) is 24.8. The summed E-state index contributed by atoms with van der Waals surface area (Å²) in [5, 5.41) is 5.24. The Bertz CT molecular complexity index is 1400. The van der Waals surface area contributed by atoms with Crippen molar-refractivity contribution < 1.29 is 17.6 Å². The van der Waals surface area contributed by atoms with Crippen LogP contribution < -0.4 is 9.62 Å². The molecule has 0 bridgehead atoms. The molecule has 1 unspecified atom stereocenters. The van der Waals surface area contributed by atoms with Crippen LogP contribution in [0.1, 0.15) is 12.5 Å². The van der Waals surface area contributed by atoms with Gasteiger partial charge in [-0.15, -0.1) is 0 Å². The lowest BCUT2D eigenvalue weighted by atomic mass is 9.96. The highest BCUT2D eigenvalue weighted by atomic mass is 32.2. The van der Waals surface area contributed by atoms with E-state index in [2.05, 4.69) is 29.6 Å². The van der Waals surface area contributed by atoms with Crippen molar-refractivity contribution in [2.24, 2.45) is 5.92 Å². The van der Waals surface area contributed by atoms with E-state index >= 15 is 0 Å². The molecule has 5 nitrogen and oxygen atoms in total. The summed E-state index contributed by atoms with van der Waals surface area (Å²) in [4.78, 5) is 12.8. The van der Waals surface area contributed by atoms with Crippen molar-refractivity contribution in [1.82, 2.24) is 5.32 Å². The van der Waals surface area contributed by atoms with Gasteiger partial charge in [0.2, 0.25) is 5.91 Å². The minimum absolute atomic E-state index is 0.0834. The van der Waals surface area contributed by atoms with Crippen LogP contribution in [0.25, 0.3) is 10.8 Å². The van der Waals surface area contributed by atoms with Crippen LogP contribution in [0, 0.1) is 11.7 Å². The molecule has 0 heterocycles. The SMILES string of the molecule is CC(CNC(=O)CN(c1ccccc1)S(=O)(=O)c1ccc(F)cc1)Cc1cccc2ccccc12. The average Bonchev–Trinajstić information content (AvgIpc) is 2.87. The van der Waals surface area contributed by atoms with Crippen LogP contribution in [-0.2, 0) is 21.2 Å². The minimum atomic E-state index is -4.07. The number of halogens is 1. The van der Waals surface area contributed by atoms with Gasteiger partial charge in [0.1, 0.15) is 12.4 Å². The number of amides is 1. The van der Waals surface area contributed by atoms with Crippen molar-refractivity contribution in [2.75, 3.05) is 17.4 Å². The molecular weight excluding hydrogens is 463 g/mol. The summed E-state index contributed by atoms with van der Waals surface area (Å²) in [6.07, 6.45) is 0.776. The van der Waals surface area contributed by atoms with Crippen molar-refractivity contribution >= 4 is 32.4 Å². The first kappa shape index (κ1) is 24.4. The second-order valence-electron chi connectivity index (χ2n) is 8.55. The fourth-order valence-electron chi connectivity index (χ4n) is 4.04. The largest absolute Gasteiger partial charge is 0.354 e. The number of carbonyl (C=O) groups is 1. The van der Waals surface area contributed by atoms with Gasteiger partial charge in [0.05, 0.1) is 10.6 Å². The van der Waals surface area contributed by atoms with Gasteiger partial charge in [-0.05, 0) is 65.1 Å². The third-order valence-electron chi connectivity index (χ3n) is 5.83. The van der Waals surface area contributed by atoms with Gasteiger partial charge in [-0.2, -0.15) is 0 Å². The van der Waals surface area contributed by atoms with E-state index in [4.69, 9.17) is 0 Å². The first-order valence-corrected chi connectivity index (χ1v) is 12.9. The number of para-hydroxylation sites is 1. The first-order chi connectivity index (χ1) is 16.8. The summed E-state index contributed by atoms with van der Waals surface area (Å²) in [5.74, 6) is -0.805. The number of rotatable bonds is 9. The number of nitrogens with zero attached hydrogens (tertiary/aromatic N) is 1. The highest BCUT2D eigenvalue weighted by Crippen LogP contribution is 2.24. The Morgan fingerprint density at radius 2 is 1.54 bits per heavy atom. The number of sulfonamides is 1. The van der Waals surface area contributed by atoms with Gasteiger partial charge in [0.25, 0.3) is 10.0 Å². The standard InChI is InChI=1S/C28H27FN2O3S/c1-21(18-23-10-7-9-22-8-5-6-13-27(22)23)19-30-28(32)20-31(25-11-3-2-4-12-25)35(33,34)26-16-14-24(29)15-17-26/h2-17,21H,18-20H2,1H3,(H,30,32). The van der Waals surface area contributed by atoms with E-state index in [9.17, 15) is 17.6 Å². The normalized spacial score (nSPS) is 12.3. The number of carbonyl (C=O) groups excluding carboxylic acids is 1. The van der Waals surface area contributed by atoms with Gasteiger partial charge in [-0.3, -0.25) is 9.10 Å². The van der Waals surface area contributed by atoms with Gasteiger partial charge in [0.15, 0.2) is 0 Å². The van der Waals surface area contributed by atoms with Crippen LogP contribution in [0.5, 0.6) is 0 Å². The number of anilines is 1. The van der Waals surface area contributed by atoms with Crippen molar-refractivity contribution in [3.05, 3.63) is 108 Å². The minimum Gasteiger partial charge on any atom is -0.354 e. The summed E-state index contributed by atoms with van der Waals surface area (Å²) >= 11 is 0. The quantitative estimate of drug-likeness (QED) is 0.352. The second-order valence-corrected chi connectivity index (χ2v) is 10.4. The molecule has 0 aromatic heterocycles. The van der Waals surface area contributed by atoms with E-state index in [1.54, 1.807) is 30.3 Å². The van der Waals surface area contributed by atoms with Gasteiger partial charge < -0.3 is 5.32 Å². The zero-order valence-corrected chi connectivity index (χ0v) is 20.2. The van der Waals surface area contributed by atoms with Gasteiger partial charge >= 0.3 is 0 Å². The molecule has 4 aromatic carbocycles. The molecule has 4 rings (SSSR count). The number of nitrogens with one attached hydrogen (secondary N) is 1. The predicted octanol–water partition coefficient (Wildman–Crippen LogP) is 5.17. The predicted molar refractivity (Wildman–Crippen MR) is 137 cm³/mol. The lowest BCUT2D eigenvalue weighted by Gasteiger charge is -2.24. The second kappa shape index (κ2) is 10.7. The molecule has 0 aliphatic rings. The highest BCUT2D eigenvalue weighted by molar-refractivity contribution is 7.92. The molecule has 1 amide bonds. The molecule has 0 fully saturated rings. The molecule has 4 aromatic rings. The molecule has 0 radical (unpaired) electrons. The van der Waals surface area contributed by atoms with Crippen LogP contribution in [0.2, 0.25) is 0 Å². The van der Waals surface area contributed by atoms with Crippen LogP contribution in [-0.4, -0.2) is 27.4 Å². The van der Waals surface area contributed by atoms with Gasteiger partial charge in [-0.25, -0.2) is 12.8 Å². The van der Waals surface area contributed by atoms with Crippen LogP contribution in [0.15, 0.2) is 102 Å². The molecule has 0 saturated heterocycles. The topological polar surface area (TPSA) is 66.5 Å². The Morgan fingerprint density at radius 1 is 0.886 bits per heavy atom. The summed E-state index contributed by atoms with van der Waals surface area (Å²) in [7, 11) is -4.07. The smallest absolute Gasteiger partial charge is 0.264 e.